The summed E-state index contributed by atoms with van der Waals surface area (Å²) in [4.78, 5) is 15.0. The molecule has 4 nitrogen and oxygen atoms in total. The summed E-state index contributed by atoms with van der Waals surface area (Å²) in [6.45, 7) is 8.52. The van der Waals surface area contributed by atoms with E-state index in [1.165, 1.54) is 44.9 Å². The standard InChI is InChI=1S/C17H32N2O2/c1-4-8-15-9-6-7-12-19(15)13-17(3,16(20)21-5-2)18-14-10-11-14/h14-15,18H,4-13H2,1-3H3. The predicted molar refractivity (Wildman–Crippen MR) is 85.3 cm³/mol. The molecule has 1 saturated heterocycles. The molecule has 0 radical (unpaired) electrons. The molecule has 0 amide bonds. The Morgan fingerprint density at radius 2 is 2.05 bits per heavy atom. The lowest BCUT2D eigenvalue weighted by atomic mass is 9.94. The number of esters is 1. The largest absolute Gasteiger partial charge is 0.465 e. The van der Waals surface area contributed by atoms with Crippen LogP contribution in [0.1, 0.15) is 65.7 Å². The second-order valence-corrected chi connectivity index (χ2v) is 6.88. The second-order valence-electron chi connectivity index (χ2n) is 6.88. The van der Waals surface area contributed by atoms with Crippen molar-refractivity contribution in [2.24, 2.45) is 0 Å². The van der Waals surface area contributed by atoms with E-state index in [0.717, 1.165) is 13.1 Å². The molecule has 2 fully saturated rings. The topological polar surface area (TPSA) is 41.6 Å². The minimum atomic E-state index is -0.555. The van der Waals surface area contributed by atoms with Crippen molar-refractivity contribution < 1.29 is 9.53 Å². The van der Waals surface area contributed by atoms with Crippen molar-refractivity contribution in [2.45, 2.75) is 83.3 Å². The molecule has 2 rings (SSSR count). The molecule has 2 aliphatic rings. The number of nitrogens with zero attached hydrogens (tertiary/aromatic N) is 1. The van der Waals surface area contributed by atoms with Crippen molar-refractivity contribution in [3.05, 3.63) is 0 Å². The summed E-state index contributed by atoms with van der Waals surface area (Å²) in [7, 11) is 0. The van der Waals surface area contributed by atoms with Crippen LogP contribution in [0.5, 0.6) is 0 Å². The molecule has 1 N–H and O–H groups in total. The van der Waals surface area contributed by atoms with Crippen molar-refractivity contribution in [3.8, 4) is 0 Å². The zero-order valence-corrected chi connectivity index (χ0v) is 14.0. The molecular weight excluding hydrogens is 264 g/mol. The predicted octanol–water partition coefficient (Wildman–Crippen LogP) is 2.71. The number of hydrogen-bond donors (Lipinski definition) is 1. The minimum absolute atomic E-state index is 0.0854. The van der Waals surface area contributed by atoms with Gasteiger partial charge in [0.1, 0.15) is 5.54 Å². The first-order valence-electron chi connectivity index (χ1n) is 8.78. The fourth-order valence-electron chi connectivity index (χ4n) is 3.47. The molecule has 0 aromatic carbocycles. The van der Waals surface area contributed by atoms with Gasteiger partial charge in [0.15, 0.2) is 0 Å². The van der Waals surface area contributed by atoms with Gasteiger partial charge in [0.05, 0.1) is 6.61 Å². The average molecular weight is 296 g/mol. The maximum Gasteiger partial charge on any atom is 0.327 e. The number of hydrogen-bond acceptors (Lipinski definition) is 4. The van der Waals surface area contributed by atoms with Gasteiger partial charge in [-0.2, -0.15) is 0 Å². The minimum Gasteiger partial charge on any atom is -0.465 e. The van der Waals surface area contributed by atoms with Gasteiger partial charge >= 0.3 is 5.97 Å². The Kier molecular flexibility index (Phi) is 6.06. The first-order valence-corrected chi connectivity index (χ1v) is 8.78. The number of piperidine rings is 1. The average Bonchev–Trinajstić information content (AvgIpc) is 3.25. The second kappa shape index (κ2) is 7.59. The van der Waals surface area contributed by atoms with E-state index in [2.05, 4.69) is 17.1 Å². The van der Waals surface area contributed by atoms with Gasteiger partial charge in [-0.15, -0.1) is 0 Å². The molecule has 0 bridgehead atoms. The zero-order valence-electron chi connectivity index (χ0n) is 14.0. The maximum absolute atomic E-state index is 12.5. The van der Waals surface area contributed by atoms with E-state index in [1.807, 2.05) is 13.8 Å². The van der Waals surface area contributed by atoms with Gasteiger partial charge in [-0.1, -0.05) is 19.8 Å². The third-order valence-electron chi connectivity index (χ3n) is 4.72. The molecular formula is C17H32N2O2. The summed E-state index contributed by atoms with van der Waals surface area (Å²) in [5.74, 6) is -0.0854. The summed E-state index contributed by atoms with van der Waals surface area (Å²) in [6, 6.07) is 1.15. The summed E-state index contributed by atoms with van der Waals surface area (Å²) < 4.78 is 5.34. The molecule has 0 aromatic rings. The van der Waals surface area contributed by atoms with Crippen molar-refractivity contribution in [3.63, 3.8) is 0 Å². The van der Waals surface area contributed by atoms with Gasteiger partial charge in [0.2, 0.25) is 0 Å². The van der Waals surface area contributed by atoms with Crippen LogP contribution in [0.2, 0.25) is 0 Å². The first-order chi connectivity index (χ1) is 10.1. The van der Waals surface area contributed by atoms with Crippen LogP contribution in [0.15, 0.2) is 0 Å². The van der Waals surface area contributed by atoms with Crippen LogP contribution in [-0.2, 0) is 9.53 Å². The maximum atomic E-state index is 12.5. The molecule has 21 heavy (non-hydrogen) atoms. The molecule has 4 heteroatoms. The molecule has 1 heterocycles. The summed E-state index contributed by atoms with van der Waals surface area (Å²) in [5, 5.41) is 3.55. The normalized spacial score (nSPS) is 26.3. The van der Waals surface area contributed by atoms with Gasteiger partial charge in [-0.05, 0) is 52.5 Å². The molecule has 2 unspecified atom stereocenters. The SMILES string of the molecule is CCCC1CCCCN1CC(C)(NC1CC1)C(=O)OCC. The zero-order chi connectivity index (χ0) is 15.3. The highest BCUT2D eigenvalue weighted by molar-refractivity contribution is 5.80. The Bertz CT molecular complexity index is 342. The molecule has 1 saturated carbocycles. The lowest BCUT2D eigenvalue weighted by Crippen LogP contribution is -2.60. The highest BCUT2D eigenvalue weighted by Gasteiger charge is 2.42. The van der Waals surface area contributed by atoms with Crippen LogP contribution in [0.4, 0.5) is 0 Å². The number of carbonyl (C=O) groups excluding carboxylic acids is 1. The molecule has 1 aliphatic carbocycles. The molecule has 1 aliphatic heterocycles. The van der Waals surface area contributed by atoms with Gasteiger partial charge in [-0.25, -0.2) is 0 Å². The lowest BCUT2D eigenvalue weighted by molar-refractivity contribution is -0.152. The number of rotatable bonds is 8. The summed E-state index contributed by atoms with van der Waals surface area (Å²) in [6.07, 6.45) is 8.68. The fraction of sp³-hybridized carbons (Fsp3) is 0.941. The van der Waals surface area contributed by atoms with Gasteiger partial charge in [0.25, 0.3) is 0 Å². The molecule has 0 aromatic heterocycles. The molecule has 0 spiro atoms. The van der Waals surface area contributed by atoms with E-state index in [-0.39, 0.29) is 5.97 Å². The van der Waals surface area contributed by atoms with E-state index in [1.54, 1.807) is 0 Å². The Labute approximate surface area is 129 Å². The molecule has 122 valence electrons. The van der Waals surface area contributed by atoms with Gasteiger partial charge < -0.3 is 4.74 Å². The van der Waals surface area contributed by atoms with Gasteiger partial charge in [-0.3, -0.25) is 15.0 Å². The Morgan fingerprint density at radius 1 is 1.29 bits per heavy atom. The number of ether oxygens (including phenoxy) is 1. The van der Waals surface area contributed by atoms with E-state index >= 15 is 0 Å². The third kappa shape index (κ3) is 4.68. The Hall–Kier alpha value is -0.610. The van der Waals surface area contributed by atoms with Crippen molar-refractivity contribution in [2.75, 3.05) is 19.7 Å². The summed E-state index contributed by atoms with van der Waals surface area (Å²) in [5.41, 5.74) is -0.555. The van der Waals surface area contributed by atoms with Crippen LogP contribution in [0.25, 0.3) is 0 Å². The van der Waals surface area contributed by atoms with Crippen LogP contribution in [0, 0.1) is 0 Å². The summed E-state index contributed by atoms with van der Waals surface area (Å²) >= 11 is 0. The third-order valence-corrected chi connectivity index (χ3v) is 4.72. The number of likely N-dealkylation sites (tertiary alicyclic amines) is 1. The van der Waals surface area contributed by atoms with Crippen LogP contribution in [0.3, 0.4) is 0 Å². The first kappa shape index (κ1) is 16.8. The van der Waals surface area contributed by atoms with E-state index in [4.69, 9.17) is 4.74 Å². The van der Waals surface area contributed by atoms with E-state index in [0.29, 0.717) is 18.7 Å². The van der Waals surface area contributed by atoms with E-state index < -0.39 is 5.54 Å². The Morgan fingerprint density at radius 3 is 2.67 bits per heavy atom. The number of carbonyl (C=O) groups is 1. The molecule has 2 atom stereocenters. The monoisotopic (exact) mass is 296 g/mol. The highest BCUT2D eigenvalue weighted by Crippen LogP contribution is 2.27. The highest BCUT2D eigenvalue weighted by atomic mass is 16.5. The van der Waals surface area contributed by atoms with Crippen molar-refractivity contribution >= 4 is 5.97 Å². The van der Waals surface area contributed by atoms with Crippen LogP contribution >= 0.6 is 0 Å². The van der Waals surface area contributed by atoms with Crippen LogP contribution < -0.4 is 5.32 Å². The smallest absolute Gasteiger partial charge is 0.327 e. The van der Waals surface area contributed by atoms with Crippen LogP contribution in [-0.4, -0.2) is 48.2 Å². The van der Waals surface area contributed by atoms with E-state index in [9.17, 15) is 4.79 Å². The number of nitrogens with one attached hydrogen (secondary N) is 1. The van der Waals surface area contributed by atoms with Gasteiger partial charge in [0, 0.05) is 18.6 Å². The van der Waals surface area contributed by atoms with Crippen molar-refractivity contribution in [1.29, 1.82) is 0 Å². The fourth-order valence-corrected chi connectivity index (χ4v) is 3.47. The van der Waals surface area contributed by atoms with Crippen molar-refractivity contribution in [1.82, 2.24) is 10.2 Å². The Balaban J connectivity index is 2.02. The quantitative estimate of drug-likeness (QED) is 0.699. The lowest BCUT2D eigenvalue weighted by Gasteiger charge is -2.41.